The van der Waals surface area contributed by atoms with E-state index in [4.69, 9.17) is 15.3 Å². The van der Waals surface area contributed by atoms with Gasteiger partial charge in [-0.05, 0) is 25.7 Å². The van der Waals surface area contributed by atoms with Crippen molar-refractivity contribution in [2.45, 2.75) is 44.2 Å². The average Bonchev–Trinajstić information content (AvgIpc) is 2.31. The van der Waals surface area contributed by atoms with Gasteiger partial charge in [-0.2, -0.15) is 0 Å². The van der Waals surface area contributed by atoms with Gasteiger partial charge in [-0.25, -0.2) is 9.59 Å². The van der Waals surface area contributed by atoms with Gasteiger partial charge in [0.2, 0.25) is 0 Å². The summed E-state index contributed by atoms with van der Waals surface area (Å²) in [6.07, 6.45) is 2.11. The van der Waals surface area contributed by atoms with E-state index >= 15 is 0 Å². The fourth-order valence-corrected chi connectivity index (χ4v) is 1.93. The molecule has 4 N–H and O–H groups in total. The van der Waals surface area contributed by atoms with Gasteiger partial charge in [0.25, 0.3) is 0 Å². The number of nitrogens with one attached hydrogen (secondary N) is 1. The molecule has 1 rings (SSSR count). The van der Waals surface area contributed by atoms with Crippen LogP contribution in [0.5, 0.6) is 0 Å². The van der Waals surface area contributed by atoms with Gasteiger partial charge in [-0.3, -0.25) is 0 Å². The highest BCUT2D eigenvalue weighted by Crippen LogP contribution is 2.24. The number of carbonyl (C=O) groups excluding carboxylic acids is 1. The van der Waals surface area contributed by atoms with E-state index < -0.39 is 12.1 Å². The third kappa shape index (κ3) is 5.04. The Morgan fingerprint density at radius 2 is 2.05 bits per heavy atom. The molecule has 1 aliphatic rings. The van der Waals surface area contributed by atoms with E-state index in [0.29, 0.717) is 13.0 Å². The number of nitrogens with zero attached hydrogens (tertiary/aromatic N) is 1. The maximum absolute atomic E-state index is 11.9. The number of aliphatic carboxylic acids is 1. The predicted octanol–water partition coefficient (Wildman–Crippen LogP) is -0.231. The van der Waals surface area contributed by atoms with E-state index in [-0.39, 0.29) is 31.6 Å². The molecule has 0 saturated heterocycles. The lowest BCUT2D eigenvalue weighted by molar-refractivity contribution is -0.146. The molecule has 0 aromatic rings. The number of aliphatic hydroxyl groups is 2. The van der Waals surface area contributed by atoms with Crippen LogP contribution in [0.2, 0.25) is 0 Å². The highest BCUT2D eigenvalue weighted by molar-refractivity contribution is 5.75. The number of carboxylic acids is 1. The molecule has 1 fully saturated rings. The molecule has 0 aromatic heterocycles. The zero-order valence-corrected chi connectivity index (χ0v) is 10.9. The van der Waals surface area contributed by atoms with Crippen LogP contribution in [0.1, 0.15) is 32.1 Å². The summed E-state index contributed by atoms with van der Waals surface area (Å²) >= 11 is 0. The van der Waals surface area contributed by atoms with Gasteiger partial charge in [0.1, 0.15) is 0 Å². The van der Waals surface area contributed by atoms with E-state index in [9.17, 15) is 9.59 Å². The third-order valence-electron chi connectivity index (χ3n) is 3.31. The lowest BCUT2D eigenvalue weighted by Crippen LogP contribution is -2.50. The number of hydrogen-bond acceptors (Lipinski definition) is 4. The molecule has 110 valence electrons. The number of carbonyl (C=O) groups is 2. The van der Waals surface area contributed by atoms with Crippen molar-refractivity contribution in [1.82, 2.24) is 10.2 Å². The molecule has 0 aromatic carbocycles. The number of hydrogen-bond donors (Lipinski definition) is 4. The molecule has 0 aliphatic heterocycles. The standard InChI is InChI=1S/C12H22N2O5/c15-8-2-7-14(9-3-1-4-9)12(19)13-6-5-10(16)11(17)18/h9-10,15-16H,1-8H2,(H,13,19)(H,17,18)/t10-/m0/s1. The van der Waals surface area contributed by atoms with Crippen molar-refractivity contribution in [2.75, 3.05) is 19.7 Å². The Hall–Kier alpha value is -1.34. The second-order valence-corrected chi connectivity index (χ2v) is 4.73. The van der Waals surface area contributed by atoms with Crippen molar-refractivity contribution < 1.29 is 24.9 Å². The van der Waals surface area contributed by atoms with E-state index in [1.54, 1.807) is 4.90 Å². The summed E-state index contributed by atoms with van der Waals surface area (Å²) in [5.41, 5.74) is 0. The minimum absolute atomic E-state index is 0.0143. The molecule has 1 atom stereocenters. The van der Waals surface area contributed by atoms with Gasteiger partial charge in [-0.1, -0.05) is 0 Å². The maximum Gasteiger partial charge on any atom is 0.332 e. The Balaban J connectivity index is 2.32. The maximum atomic E-state index is 11.9. The Morgan fingerprint density at radius 1 is 1.37 bits per heavy atom. The van der Waals surface area contributed by atoms with Crippen LogP contribution in [0.4, 0.5) is 4.79 Å². The van der Waals surface area contributed by atoms with Gasteiger partial charge in [-0.15, -0.1) is 0 Å². The van der Waals surface area contributed by atoms with Crippen molar-refractivity contribution in [3.05, 3.63) is 0 Å². The zero-order chi connectivity index (χ0) is 14.3. The predicted molar refractivity (Wildman–Crippen MR) is 67.7 cm³/mol. The van der Waals surface area contributed by atoms with Crippen LogP contribution in [-0.4, -0.2) is 64.1 Å². The molecule has 19 heavy (non-hydrogen) atoms. The molecule has 2 amide bonds. The molecule has 0 spiro atoms. The monoisotopic (exact) mass is 274 g/mol. The third-order valence-corrected chi connectivity index (χ3v) is 3.31. The van der Waals surface area contributed by atoms with Crippen LogP contribution in [0.3, 0.4) is 0 Å². The van der Waals surface area contributed by atoms with Gasteiger partial charge in [0.05, 0.1) is 0 Å². The summed E-state index contributed by atoms with van der Waals surface area (Å²) in [6, 6.07) is -0.0355. The molecule has 1 saturated carbocycles. The van der Waals surface area contributed by atoms with Crippen LogP contribution in [-0.2, 0) is 4.79 Å². The second kappa shape index (κ2) is 7.96. The van der Waals surface area contributed by atoms with Gasteiger partial charge in [0.15, 0.2) is 6.10 Å². The molecule has 0 radical (unpaired) electrons. The summed E-state index contributed by atoms with van der Waals surface area (Å²) in [5.74, 6) is -1.29. The summed E-state index contributed by atoms with van der Waals surface area (Å²) in [4.78, 5) is 24.0. The first-order chi connectivity index (χ1) is 9.06. The van der Waals surface area contributed by atoms with Crippen molar-refractivity contribution in [2.24, 2.45) is 0 Å². The molecule has 7 nitrogen and oxygen atoms in total. The smallest absolute Gasteiger partial charge is 0.332 e. The number of carboxylic acid groups (broad SMARTS) is 1. The van der Waals surface area contributed by atoms with Gasteiger partial charge in [0, 0.05) is 32.2 Å². The first-order valence-electron chi connectivity index (χ1n) is 6.62. The highest BCUT2D eigenvalue weighted by atomic mass is 16.4. The normalized spacial score (nSPS) is 16.5. The summed E-state index contributed by atoms with van der Waals surface area (Å²) in [5, 5.41) is 29.0. The lowest BCUT2D eigenvalue weighted by atomic mass is 9.91. The second-order valence-electron chi connectivity index (χ2n) is 4.73. The van der Waals surface area contributed by atoms with Crippen molar-refractivity contribution in [3.8, 4) is 0 Å². The first kappa shape index (κ1) is 15.7. The van der Waals surface area contributed by atoms with Crippen molar-refractivity contribution >= 4 is 12.0 Å². The van der Waals surface area contributed by atoms with Crippen molar-refractivity contribution in [1.29, 1.82) is 0 Å². The Labute approximate surface area is 112 Å². The Morgan fingerprint density at radius 3 is 2.53 bits per heavy atom. The minimum atomic E-state index is -1.45. The Bertz CT molecular complexity index is 306. The van der Waals surface area contributed by atoms with Crippen LogP contribution < -0.4 is 5.32 Å². The molecule has 1 aliphatic carbocycles. The van der Waals surface area contributed by atoms with E-state index in [1.165, 1.54) is 0 Å². The first-order valence-corrected chi connectivity index (χ1v) is 6.62. The summed E-state index contributed by atoms with van der Waals surface area (Å²) < 4.78 is 0. The van der Waals surface area contributed by atoms with E-state index in [0.717, 1.165) is 19.3 Å². The fraction of sp³-hybridized carbons (Fsp3) is 0.833. The molecular weight excluding hydrogens is 252 g/mol. The summed E-state index contributed by atoms with van der Waals surface area (Å²) in [7, 11) is 0. The van der Waals surface area contributed by atoms with E-state index in [1.807, 2.05) is 0 Å². The number of rotatable bonds is 8. The molecular formula is C12H22N2O5. The largest absolute Gasteiger partial charge is 0.479 e. The van der Waals surface area contributed by atoms with Crippen LogP contribution in [0.25, 0.3) is 0 Å². The average molecular weight is 274 g/mol. The molecule has 7 heteroatoms. The van der Waals surface area contributed by atoms with Gasteiger partial charge < -0.3 is 25.5 Å². The lowest BCUT2D eigenvalue weighted by Gasteiger charge is -2.37. The topological polar surface area (TPSA) is 110 Å². The zero-order valence-electron chi connectivity index (χ0n) is 10.9. The molecule has 0 bridgehead atoms. The minimum Gasteiger partial charge on any atom is -0.479 e. The van der Waals surface area contributed by atoms with Gasteiger partial charge >= 0.3 is 12.0 Å². The SMILES string of the molecule is O=C(O)[C@@H](O)CCNC(=O)N(CCCO)C1CCC1. The molecule has 0 unspecified atom stereocenters. The number of aliphatic hydroxyl groups excluding tert-OH is 2. The Kier molecular flexibility index (Phi) is 6.58. The highest BCUT2D eigenvalue weighted by Gasteiger charge is 2.28. The molecule has 0 heterocycles. The fourth-order valence-electron chi connectivity index (χ4n) is 1.93. The van der Waals surface area contributed by atoms with Crippen molar-refractivity contribution in [3.63, 3.8) is 0 Å². The quantitative estimate of drug-likeness (QED) is 0.488. The van der Waals surface area contributed by atoms with Crippen LogP contribution >= 0.6 is 0 Å². The number of amides is 2. The van der Waals surface area contributed by atoms with Crippen LogP contribution in [0.15, 0.2) is 0 Å². The number of urea groups is 1. The van der Waals surface area contributed by atoms with E-state index in [2.05, 4.69) is 5.32 Å². The van der Waals surface area contributed by atoms with Crippen LogP contribution in [0, 0.1) is 0 Å². The summed E-state index contributed by atoms with van der Waals surface area (Å²) in [6.45, 7) is 0.650.